The number of amides is 1. The number of ether oxygens (including phenoxy) is 3. The largest absolute Gasteiger partial charge is 0.493 e. The average molecular weight is 348 g/mol. The van der Waals surface area contributed by atoms with Crippen LogP contribution >= 0.6 is 11.8 Å². The lowest BCUT2D eigenvalue weighted by atomic mass is 10.1. The van der Waals surface area contributed by atoms with Crippen molar-refractivity contribution in [3.63, 3.8) is 0 Å². The van der Waals surface area contributed by atoms with Gasteiger partial charge in [-0.05, 0) is 42.8 Å². The average Bonchev–Trinajstić information content (AvgIpc) is 3.24. The number of methoxy groups -OCH3 is 3. The van der Waals surface area contributed by atoms with Gasteiger partial charge in [0.2, 0.25) is 5.75 Å². The number of amidine groups is 1. The Bertz CT molecular complexity index is 709. The number of nitrogens with zero attached hydrogens (tertiary/aromatic N) is 2. The molecule has 0 unspecified atom stereocenters. The topological polar surface area (TPSA) is 60.4 Å². The van der Waals surface area contributed by atoms with Crippen LogP contribution in [0.25, 0.3) is 6.08 Å². The zero-order valence-electron chi connectivity index (χ0n) is 14.0. The maximum Gasteiger partial charge on any atom is 0.286 e. The minimum absolute atomic E-state index is 0.210. The van der Waals surface area contributed by atoms with E-state index >= 15 is 0 Å². The molecule has 2 aliphatic rings. The third-order valence-electron chi connectivity index (χ3n) is 4.01. The number of carbonyl (C=O) groups is 1. The second-order valence-corrected chi connectivity index (χ2v) is 6.44. The van der Waals surface area contributed by atoms with E-state index in [0.717, 1.165) is 36.7 Å². The van der Waals surface area contributed by atoms with Gasteiger partial charge < -0.3 is 19.1 Å². The molecule has 0 saturated carbocycles. The van der Waals surface area contributed by atoms with Gasteiger partial charge in [0.05, 0.1) is 26.2 Å². The molecule has 0 aliphatic carbocycles. The smallest absolute Gasteiger partial charge is 0.286 e. The molecule has 2 aliphatic heterocycles. The van der Waals surface area contributed by atoms with Gasteiger partial charge in [-0.25, -0.2) is 0 Å². The fourth-order valence-corrected chi connectivity index (χ4v) is 3.78. The zero-order valence-corrected chi connectivity index (χ0v) is 14.8. The summed E-state index contributed by atoms with van der Waals surface area (Å²) in [5.41, 5.74) is 0.754. The quantitative estimate of drug-likeness (QED) is 0.780. The van der Waals surface area contributed by atoms with Crippen molar-refractivity contribution in [2.75, 3.05) is 34.4 Å². The maximum absolute atomic E-state index is 12.2. The van der Waals surface area contributed by atoms with E-state index in [1.165, 1.54) is 11.8 Å². The van der Waals surface area contributed by atoms with Crippen molar-refractivity contribution in [2.24, 2.45) is 4.99 Å². The number of hydrogen-bond acceptors (Lipinski definition) is 6. The summed E-state index contributed by atoms with van der Waals surface area (Å²) in [7, 11) is 4.69. The molecule has 0 atom stereocenters. The Morgan fingerprint density at radius 3 is 2.42 bits per heavy atom. The molecule has 1 amide bonds. The van der Waals surface area contributed by atoms with E-state index < -0.39 is 0 Å². The molecule has 128 valence electrons. The van der Waals surface area contributed by atoms with Crippen LogP contribution in [0.5, 0.6) is 17.2 Å². The number of benzene rings is 1. The van der Waals surface area contributed by atoms with Crippen molar-refractivity contribution in [1.82, 2.24) is 4.90 Å². The van der Waals surface area contributed by atoms with E-state index in [2.05, 4.69) is 9.89 Å². The Labute approximate surface area is 145 Å². The molecular weight excluding hydrogens is 328 g/mol. The molecule has 6 nitrogen and oxygen atoms in total. The normalized spacial score (nSPS) is 19.0. The third-order valence-corrected chi connectivity index (χ3v) is 5.05. The van der Waals surface area contributed by atoms with E-state index in [4.69, 9.17) is 14.2 Å². The first kappa shape index (κ1) is 16.7. The van der Waals surface area contributed by atoms with Crippen LogP contribution in [0.3, 0.4) is 0 Å². The van der Waals surface area contributed by atoms with Crippen LogP contribution in [0, 0.1) is 0 Å². The lowest BCUT2D eigenvalue weighted by Gasteiger charge is -2.15. The van der Waals surface area contributed by atoms with E-state index in [9.17, 15) is 4.79 Å². The van der Waals surface area contributed by atoms with E-state index in [1.807, 2.05) is 6.07 Å². The number of likely N-dealkylation sites (tertiary alicyclic amines) is 1. The lowest BCUT2D eigenvalue weighted by molar-refractivity contribution is -0.113. The molecule has 0 spiro atoms. The van der Waals surface area contributed by atoms with Gasteiger partial charge >= 0.3 is 0 Å². The summed E-state index contributed by atoms with van der Waals surface area (Å²) >= 11 is 1.41. The highest BCUT2D eigenvalue weighted by Crippen LogP contribution is 2.42. The standard InChI is InChI=1S/C17H20N2O4S/c1-21-12-7-6-11(14(22-2)15(12)23-3)10-13-16(20)18-17(24-13)19-8-4-5-9-19/h6-7,10H,4-5,8-9H2,1-3H3. The van der Waals surface area contributed by atoms with Gasteiger partial charge in [-0.3, -0.25) is 4.79 Å². The number of aliphatic imine (C=N–C) groups is 1. The minimum atomic E-state index is -0.210. The van der Waals surface area contributed by atoms with Crippen molar-refractivity contribution in [3.05, 3.63) is 22.6 Å². The Kier molecular flexibility index (Phi) is 4.99. The van der Waals surface area contributed by atoms with E-state index in [0.29, 0.717) is 22.2 Å². The van der Waals surface area contributed by atoms with Crippen molar-refractivity contribution < 1.29 is 19.0 Å². The second-order valence-electron chi connectivity index (χ2n) is 5.43. The summed E-state index contributed by atoms with van der Waals surface area (Å²) in [6.45, 7) is 1.93. The Hall–Kier alpha value is -2.15. The second kappa shape index (κ2) is 7.17. The van der Waals surface area contributed by atoms with Gasteiger partial charge in [-0.2, -0.15) is 4.99 Å². The van der Waals surface area contributed by atoms with Crippen molar-refractivity contribution in [1.29, 1.82) is 0 Å². The molecule has 24 heavy (non-hydrogen) atoms. The van der Waals surface area contributed by atoms with Crippen LogP contribution in [-0.2, 0) is 4.79 Å². The monoisotopic (exact) mass is 348 g/mol. The van der Waals surface area contributed by atoms with Crippen LogP contribution in [-0.4, -0.2) is 50.4 Å². The molecule has 1 aromatic rings. The molecule has 0 N–H and O–H groups in total. The summed E-state index contributed by atoms with van der Waals surface area (Å²) in [6, 6.07) is 3.63. The van der Waals surface area contributed by atoms with Gasteiger partial charge in [0.25, 0.3) is 5.91 Å². The van der Waals surface area contributed by atoms with Gasteiger partial charge in [0.1, 0.15) is 0 Å². The van der Waals surface area contributed by atoms with E-state index in [1.54, 1.807) is 33.5 Å². The predicted octanol–water partition coefficient (Wildman–Crippen LogP) is 2.78. The minimum Gasteiger partial charge on any atom is -0.493 e. The van der Waals surface area contributed by atoms with Gasteiger partial charge in [-0.1, -0.05) is 0 Å². The van der Waals surface area contributed by atoms with Crippen molar-refractivity contribution >= 4 is 28.9 Å². The Morgan fingerprint density at radius 2 is 1.79 bits per heavy atom. The highest BCUT2D eigenvalue weighted by Gasteiger charge is 2.28. The zero-order chi connectivity index (χ0) is 17.1. The van der Waals surface area contributed by atoms with Gasteiger partial charge in [0, 0.05) is 18.7 Å². The summed E-state index contributed by atoms with van der Waals surface area (Å²) < 4.78 is 16.1. The molecule has 0 radical (unpaired) electrons. The molecule has 0 aromatic heterocycles. The number of carbonyl (C=O) groups excluding carboxylic acids is 1. The first-order chi connectivity index (χ1) is 11.7. The van der Waals surface area contributed by atoms with E-state index in [-0.39, 0.29) is 5.91 Å². The fourth-order valence-electron chi connectivity index (χ4n) is 2.82. The fraction of sp³-hybridized carbons (Fsp3) is 0.412. The van der Waals surface area contributed by atoms with Crippen molar-refractivity contribution in [2.45, 2.75) is 12.8 Å². The first-order valence-electron chi connectivity index (χ1n) is 7.74. The maximum atomic E-state index is 12.2. The molecule has 1 fully saturated rings. The Balaban J connectivity index is 1.90. The first-order valence-corrected chi connectivity index (χ1v) is 8.56. The van der Waals surface area contributed by atoms with Gasteiger partial charge in [-0.15, -0.1) is 0 Å². The number of hydrogen-bond donors (Lipinski definition) is 0. The third kappa shape index (κ3) is 3.08. The van der Waals surface area contributed by atoms with Crippen LogP contribution in [0.15, 0.2) is 22.0 Å². The van der Waals surface area contributed by atoms with Crippen LogP contribution < -0.4 is 14.2 Å². The van der Waals surface area contributed by atoms with Crippen LogP contribution in [0.1, 0.15) is 18.4 Å². The molecule has 0 bridgehead atoms. The summed E-state index contributed by atoms with van der Waals surface area (Å²) in [5, 5.41) is 0.795. The Morgan fingerprint density at radius 1 is 1.08 bits per heavy atom. The van der Waals surface area contributed by atoms with Crippen molar-refractivity contribution in [3.8, 4) is 17.2 Å². The van der Waals surface area contributed by atoms with Gasteiger partial charge in [0.15, 0.2) is 16.7 Å². The highest BCUT2D eigenvalue weighted by molar-refractivity contribution is 8.18. The molecule has 3 rings (SSSR count). The number of rotatable bonds is 4. The molecule has 2 heterocycles. The molecule has 1 aromatic carbocycles. The molecule has 1 saturated heterocycles. The lowest BCUT2D eigenvalue weighted by Crippen LogP contribution is -2.23. The van der Waals surface area contributed by atoms with Crippen LogP contribution in [0.4, 0.5) is 0 Å². The molecular formula is C17H20N2O4S. The van der Waals surface area contributed by atoms with Crippen LogP contribution in [0.2, 0.25) is 0 Å². The number of thioether (sulfide) groups is 1. The summed E-state index contributed by atoms with van der Waals surface area (Å²) in [4.78, 5) is 19.2. The SMILES string of the molecule is COc1ccc(C=C2SC(N3CCCC3)=NC2=O)c(OC)c1OC. The molecule has 7 heteroatoms. The summed E-state index contributed by atoms with van der Waals surface area (Å²) in [5.74, 6) is 1.41. The predicted molar refractivity (Wildman–Crippen MR) is 94.9 cm³/mol. The summed E-state index contributed by atoms with van der Waals surface area (Å²) in [6.07, 6.45) is 4.09. The highest BCUT2D eigenvalue weighted by atomic mass is 32.2.